The highest BCUT2D eigenvalue weighted by atomic mass is 127. The number of nitrogens with zero attached hydrogens (tertiary/aromatic N) is 3. The van der Waals surface area contributed by atoms with Crippen LogP contribution in [0.5, 0.6) is 0 Å². The fraction of sp³-hybridized carbons (Fsp3) is 0.462. The molecule has 0 radical (unpaired) electrons. The molecule has 4 atom stereocenters. The summed E-state index contributed by atoms with van der Waals surface area (Å²) < 4.78 is 8.02. The molecule has 2 aromatic heterocycles. The molecule has 10 heteroatoms. The number of anilines is 1. The Kier molecular flexibility index (Phi) is 4.16. The van der Waals surface area contributed by atoms with Crippen LogP contribution in [0.2, 0.25) is 0 Å². The minimum atomic E-state index is -1.19. The van der Waals surface area contributed by atoms with Crippen LogP contribution in [0.15, 0.2) is 20.3 Å². The Morgan fingerprint density at radius 1 is 1.43 bits per heavy atom. The van der Waals surface area contributed by atoms with Crippen molar-refractivity contribution >= 4 is 39.7 Å². The molecule has 5 N–H and O–H groups in total. The van der Waals surface area contributed by atoms with Gasteiger partial charge in [0.05, 0.1) is 6.33 Å². The number of nitrogens with one attached hydrogen (secondary N) is 1. The molecule has 0 bridgehead atoms. The van der Waals surface area contributed by atoms with Crippen molar-refractivity contribution in [3.8, 4) is 0 Å². The van der Waals surface area contributed by atoms with E-state index in [1.165, 1.54) is 10.9 Å². The minimum absolute atomic E-state index is 0.0623. The van der Waals surface area contributed by atoms with E-state index in [0.717, 1.165) is 9.15 Å². The summed E-state index contributed by atoms with van der Waals surface area (Å²) in [5.74, 6) is -0.0623. The number of aromatic nitrogens is 4. The van der Waals surface area contributed by atoms with Gasteiger partial charge in [-0.15, -0.1) is 0 Å². The quantitative estimate of drug-likeness (QED) is 0.491. The molecule has 0 amide bonds. The Morgan fingerprint density at radius 3 is 2.78 bits per heavy atom. The van der Waals surface area contributed by atoms with Crippen molar-refractivity contribution in [2.75, 3.05) is 5.73 Å². The molecule has 3 rings (SSSR count). The average Bonchev–Trinajstić information content (AvgIpc) is 3.01. The van der Waals surface area contributed by atoms with Crippen molar-refractivity contribution in [1.29, 1.82) is 0 Å². The van der Waals surface area contributed by atoms with Crippen LogP contribution in [-0.4, -0.2) is 48.0 Å². The fourth-order valence-corrected chi connectivity index (χ4v) is 3.03. The van der Waals surface area contributed by atoms with Gasteiger partial charge in [-0.05, 0) is 36.4 Å². The SMILES string of the molecule is CC(C)=C(I)[C@H]1O[C@@H](n2cnc3c(=O)[nH]c(N)nc32)[C@H](O)[C@@H]1O. The highest BCUT2D eigenvalue weighted by Crippen LogP contribution is 2.37. The molecule has 0 spiro atoms. The van der Waals surface area contributed by atoms with Gasteiger partial charge in [0.25, 0.3) is 5.56 Å². The number of halogens is 1. The smallest absolute Gasteiger partial charge is 0.280 e. The van der Waals surface area contributed by atoms with E-state index < -0.39 is 30.1 Å². The molecule has 1 aliphatic heterocycles. The Hall–Kier alpha value is -1.50. The van der Waals surface area contributed by atoms with Gasteiger partial charge in [0.1, 0.15) is 18.3 Å². The van der Waals surface area contributed by atoms with Crippen molar-refractivity contribution in [3.63, 3.8) is 0 Å². The summed E-state index contributed by atoms with van der Waals surface area (Å²) in [7, 11) is 0. The van der Waals surface area contributed by atoms with E-state index >= 15 is 0 Å². The summed E-state index contributed by atoms with van der Waals surface area (Å²) in [4.78, 5) is 22.2. The normalized spacial score (nSPS) is 27.5. The van der Waals surface area contributed by atoms with Gasteiger partial charge in [-0.2, -0.15) is 4.98 Å². The largest absolute Gasteiger partial charge is 0.387 e. The first-order chi connectivity index (χ1) is 10.8. The number of ether oxygens (including phenoxy) is 1. The number of allylic oxidation sites excluding steroid dienone is 1. The number of H-pyrrole nitrogens is 1. The van der Waals surface area contributed by atoms with E-state index in [0.29, 0.717) is 0 Å². The van der Waals surface area contributed by atoms with Gasteiger partial charge in [-0.25, -0.2) is 4.98 Å². The number of rotatable bonds is 2. The standard InChI is InChI=1S/C13H16IN5O4/c1-4(2)5(14)9-7(20)8(21)12(23-9)19-3-16-6-10(19)17-13(15)18-11(6)22/h3,7-9,12,20-21H,1-2H3,(H3,15,17,18,22)/t7-,8+,9+,12+/m0/s1. The van der Waals surface area contributed by atoms with Crippen molar-refractivity contribution < 1.29 is 14.9 Å². The summed E-state index contributed by atoms with van der Waals surface area (Å²) in [6, 6.07) is 0. The van der Waals surface area contributed by atoms with E-state index in [-0.39, 0.29) is 17.1 Å². The second kappa shape index (κ2) is 5.85. The maximum absolute atomic E-state index is 11.8. The lowest BCUT2D eigenvalue weighted by atomic mass is 10.1. The number of fused-ring (bicyclic) bond motifs is 1. The van der Waals surface area contributed by atoms with Gasteiger partial charge in [-0.3, -0.25) is 14.3 Å². The summed E-state index contributed by atoms with van der Waals surface area (Å²) in [6.07, 6.45) is -2.53. The zero-order valence-corrected chi connectivity index (χ0v) is 14.6. The molecule has 9 nitrogen and oxygen atoms in total. The third-order valence-electron chi connectivity index (χ3n) is 3.69. The molecule has 3 heterocycles. The molecule has 124 valence electrons. The van der Waals surface area contributed by atoms with E-state index in [4.69, 9.17) is 10.5 Å². The lowest BCUT2D eigenvalue weighted by Crippen LogP contribution is -2.31. The van der Waals surface area contributed by atoms with Crippen molar-refractivity contribution in [3.05, 3.63) is 25.8 Å². The average molecular weight is 433 g/mol. The van der Waals surface area contributed by atoms with Crippen LogP contribution < -0.4 is 11.3 Å². The Balaban J connectivity index is 2.06. The molecule has 0 aromatic carbocycles. The van der Waals surface area contributed by atoms with Crippen molar-refractivity contribution in [2.45, 2.75) is 38.4 Å². The third-order valence-corrected chi connectivity index (χ3v) is 5.38. The van der Waals surface area contributed by atoms with Gasteiger partial charge in [-0.1, -0.05) is 5.57 Å². The van der Waals surface area contributed by atoms with E-state index in [1.54, 1.807) is 0 Å². The molecule has 0 aliphatic carbocycles. The number of aliphatic hydroxyl groups is 2. The van der Waals surface area contributed by atoms with Crippen molar-refractivity contribution in [2.24, 2.45) is 0 Å². The number of nitrogen functional groups attached to an aromatic ring is 1. The third kappa shape index (κ3) is 2.65. The zero-order valence-electron chi connectivity index (χ0n) is 12.4. The lowest BCUT2D eigenvalue weighted by molar-refractivity contribution is -0.0248. The van der Waals surface area contributed by atoms with Gasteiger partial charge in [0, 0.05) is 3.58 Å². The molecule has 2 aromatic rings. The molecular formula is C13H16IN5O4. The Morgan fingerprint density at radius 2 is 2.13 bits per heavy atom. The number of nitrogens with two attached hydrogens (primary N) is 1. The van der Waals surface area contributed by atoms with Crippen LogP contribution in [0.4, 0.5) is 5.95 Å². The highest BCUT2D eigenvalue weighted by molar-refractivity contribution is 14.1. The Labute approximate surface area is 144 Å². The topological polar surface area (TPSA) is 139 Å². The molecule has 0 unspecified atom stereocenters. The van der Waals surface area contributed by atoms with E-state index in [2.05, 4.69) is 37.5 Å². The first-order valence-electron chi connectivity index (χ1n) is 6.88. The first kappa shape index (κ1) is 16.4. The molecule has 1 fully saturated rings. The van der Waals surface area contributed by atoms with Crippen LogP contribution in [0.3, 0.4) is 0 Å². The monoisotopic (exact) mass is 433 g/mol. The molecular weight excluding hydrogens is 417 g/mol. The van der Waals surface area contributed by atoms with Gasteiger partial charge >= 0.3 is 0 Å². The van der Waals surface area contributed by atoms with Crippen LogP contribution in [-0.2, 0) is 4.74 Å². The maximum atomic E-state index is 11.8. The summed E-state index contributed by atoms with van der Waals surface area (Å²) in [6.45, 7) is 3.79. The number of hydrogen-bond acceptors (Lipinski definition) is 7. The van der Waals surface area contributed by atoms with E-state index in [9.17, 15) is 15.0 Å². The fourth-order valence-electron chi connectivity index (χ4n) is 2.51. The predicted molar refractivity (Wildman–Crippen MR) is 90.9 cm³/mol. The Bertz CT molecular complexity index is 840. The minimum Gasteiger partial charge on any atom is -0.387 e. The number of aliphatic hydroxyl groups excluding tert-OH is 2. The van der Waals surface area contributed by atoms with Gasteiger partial charge in [0.2, 0.25) is 5.95 Å². The molecule has 1 saturated heterocycles. The number of hydrogen-bond donors (Lipinski definition) is 4. The second-order valence-corrected chi connectivity index (χ2v) is 6.71. The molecule has 0 saturated carbocycles. The van der Waals surface area contributed by atoms with Gasteiger partial charge < -0.3 is 20.7 Å². The van der Waals surface area contributed by atoms with Gasteiger partial charge in [0.15, 0.2) is 17.4 Å². The number of aromatic amines is 1. The molecule has 23 heavy (non-hydrogen) atoms. The highest BCUT2D eigenvalue weighted by Gasteiger charge is 2.45. The van der Waals surface area contributed by atoms with Crippen LogP contribution in [0, 0.1) is 0 Å². The summed E-state index contributed by atoms with van der Waals surface area (Å²) in [5, 5.41) is 20.6. The maximum Gasteiger partial charge on any atom is 0.280 e. The first-order valence-corrected chi connectivity index (χ1v) is 7.96. The predicted octanol–water partition coefficient (Wildman–Crippen LogP) is 0.0499. The second-order valence-electron chi connectivity index (χ2n) is 5.55. The van der Waals surface area contributed by atoms with Crippen molar-refractivity contribution in [1.82, 2.24) is 19.5 Å². The lowest BCUT2D eigenvalue weighted by Gasteiger charge is -2.16. The van der Waals surface area contributed by atoms with E-state index in [1.807, 2.05) is 13.8 Å². The number of imidazole rings is 1. The van der Waals surface area contributed by atoms with Crippen LogP contribution in [0.25, 0.3) is 11.2 Å². The van der Waals surface area contributed by atoms with Crippen LogP contribution in [0.1, 0.15) is 20.1 Å². The summed E-state index contributed by atoms with van der Waals surface area (Å²) >= 11 is 2.08. The molecule has 1 aliphatic rings. The van der Waals surface area contributed by atoms with Crippen LogP contribution >= 0.6 is 22.6 Å². The summed E-state index contributed by atoms with van der Waals surface area (Å²) in [5.41, 5.74) is 6.34. The zero-order chi connectivity index (χ0) is 16.9.